The number of halogens is 2. The van der Waals surface area contributed by atoms with Gasteiger partial charge in [-0.25, -0.2) is 8.78 Å². The van der Waals surface area contributed by atoms with Crippen LogP contribution < -0.4 is 11.2 Å². The Morgan fingerprint density at radius 3 is 2.88 bits per heavy atom. The van der Waals surface area contributed by atoms with Crippen LogP contribution in [0.5, 0.6) is 0 Å². The van der Waals surface area contributed by atoms with Gasteiger partial charge in [0.2, 0.25) is 5.91 Å². The third-order valence-electron chi connectivity index (χ3n) is 1.80. The van der Waals surface area contributed by atoms with Gasteiger partial charge < -0.3 is 5.73 Å². The molecule has 1 rings (SSSR count). The van der Waals surface area contributed by atoms with Crippen LogP contribution in [-0.2, 0) is 16.2 Å². The molecule has 0 bridgehead atoms. The molecule has 0 spiro atoms. The van der Waals surface area contributed by atoms with Crippen molar-refractivity contribution in [1.29, 1.82) is 0 Å². The molecule has 0 aromatic heterocycles. The van der Waals surface area contributed by atoms with Crippen molar-refractivity contribution in [3.63, 3.8) is 0 Å². The minimum absolute atomic E-state index is 0.0470. The summed E-state index contributed by atoms with van der Waals surface area (Å²) in [5.41, 5.74) is 7.88. The first-order valence-corrected chi connectivity index (χ1v) is 4.59. The summed E-state index contributed by atoms with van der Waals surface area (Å²) < 4.78 is 24.7. The lowest BCUT2D eigenvalue weighted by atomic mass is 10.1. The number of hydrogen-bond acceptors (Lipinski definition) is 3. The Morgan fingerprint density at radius 1 is 1.50 bits per heavy atom. The van der Waals surface area contributed by atoms with Gasteiger partial charge in [-0.05, 0) is 11.6 Å². The quantitative estimate of drug-likeness (QED) is 0.568. The summed E-state index contributed by atoms with van der Waals surface area (Å²) in [7, 11) is 0. The molecule has 0 radical (unpaired) electrons. The fourth-order valence-corrected chi connectivity index (χ4v) is 1.10. The molecule has 0 aliphatic heterocycles. The molecule has 0 saturated carbocycles. The molecule has 0 saturated heterocycles. The second kappa shape index (κ2) is 6.14. The van der Waals surface area contributed by atoms with Gasteiger partial charge >= 0.3 is 0 Å². The van der Waals surface area contributed by atoms with E-state index in [2.05, 4.69) is 10.3 Å². The van der Waals surface area contributed by atoms with Gasteiger partial charge in [-0.15, -0.1) is 0 Å². The van der Waals surface area contributed by atoms with Gasteiger partial charge in [-0.1, -0.05) is 18.2 Å². The third kappa shape index (κ3) is 4.33. The Hall–Kier alpha value is -1.53. The Labute approximate surface area is 91.3 Å². The highest BCUT2D eigenvalue weighted by atomic mass is 19.3. The molecule has 6 heteroatoms. The first-order chi connectivity index (χ1) is 7.59. The largest absolute Gasteiger partial charge is 0.368 e. The molecular weight excluding hydrogens is 218 g/mol. The van der Waals surface area contributed by atoms with E-state index < -0.39 is 12.3 Å². The second-order valence-corrected chi connectivity index (χ2v) is 3.12. The van der Waals surface area contributed by atoms with Gasteiger partial charge in [0.1, 0.15) is 6.61 Å². The fourth-order valence-electron chi connectivity index (χ4n) is 1.10. The van der Waals surface area contributed by atoms with E-state index in [-0.39, 0.29) is 18.7 Å². The molecule has 16 heavy (non-hydrogen) atoms. The summed E-state index contributed by atoms with van der Waals surface area (Å²) in [6, 6.07) is 5.92. The van der Waals surface area contributed by atoms with E-state index in [9.17, 15) is 13.6 Å². The maximum Gasteiger partial charge on any atom is 0.263 e. The zero-order chi connectivity index (χ0) is 12.0. The SMILES string of the molecule is NC(=O)CONCc1cccc(C(F)F)c1. The van der Waals surface area contributed by atoms with Crippen molar-refractivity contribution < 1.29 is 18.4 Å². The van der Waals surface area contributed by atoms with Gasteiger partial charge in [-0.2, -0.15) is 5.48 Å². The molecule has 3 N–H and O–H groups in total. The molecule has 1 aromatic carbocycles. The normalized spacial score (nSPS) is 10.7. The topological polar surface area (TPSA) is 64.4 Å². The molecule has 1 amide bonds. The number of hydroxylamine groups is 1. The zero-order valence-corrected chi connectivity index (χ0v) is 8.45. The lowest BCUT2D eigenvalue weighted by Crippen LogP contribution is -2.24. The van der Waals surface area contributed by atoms with Gasteiger partial charge in [-0.3, -0.25) is 9.63 Å². The average molecular weight is 230 g/mol. The van der Waals surface area contributed by atoms with Crippen molar-refractivity contribution in [3.8, 4) is 0 Å². The van der Waals surface area contributed by atoms with E-state index in [1.165, 1.54) is 18.2 Å². The molecule has 4 nitrogen and oxygen atoms in total. The van der Waals surface area contributed by atoms with Crippen molar-refractivity contribution >= 4 is 5.91 Å². The van der Waals surface area contributed by atoms with Gasteiger partial charge in [0.05, 0.1) is 0 Å². The number of benzene rings is 1. The van der Waals surface area contributed by atoms with Gasteiger partial charge in [0.15, 0.2) is 0 Å². The predicted octanol–water partition coefficient (Wildman–Crippen LogP) is 1.13. The van der Waals surface area contributed by atoms with Gasteiger partial charge in [0, 0.05) is 12.1 Å². The van der Waals surface area contributed by atoms with Crippen molar-refractivity contribution in [3.05, 3.63) is 35.4 Å². The smallest absolute Gasteiger partial charge is 0.263 e. The number of hydrogen-bond donors (Lipinski definition) is 2. The summed E-state index contributed by atoms with van der Waals surface area (Å²) in [5.74, 6) is -0.603. The average Bonchev–Trinajstić information content (AvgIpc) is 2.24. The van der Waals surface area contributed by atoms with Crippen LogP contribution in [0.3, 0.4) is 0 Å². The molecule has 1 aromatic rings. The minimum Gasteiger partial charge on any atom is -0.368 e. The molecule has 88 valence electrons. The fraction of sp³-hybridized carbons (Fsp3) is 0.300. The summed E-state index contributed by atoms with van der Waals surface area (Å²) in [6.07, 6.45) is -2.49. The highest BCUT2D eigenvalue weighted by Gasteiger charge is 2.06. The zero-order valence-electron chi connectivity index (χ0n) is 8.45. The van der Waals surface area contributed by atoms with Gasteiger partial charge in [0.25, 0.3) is 6.43 Å². The summed E-state index contributed by atoms with van der Waals surface area (Å²) in [4.78, 5) is 15.0. The number of carbonyl (C=O) groups is 1. The van der Waals surface area contributed by atoms with E-state index in [0.29, 0.717) is 5.56 Å². The van der Waals surface area contributed by atoms with Crippen molar-refractivity contribution in [2.24, 2.45) is 5.73 Å². The maximum atomic E-state index is 12.3. The summed E-state index contributed by atoms with van der Waals surface area (Å²) in [5, 5.41) is 0. The monoisotopic (exact) mass is 230 g/mol. The summed E-state index contributed by atoms with van der Waals surface area (Å²) >= 11 is 0. The van der Waals surface area contributed by atoms with E-state index in [0.717, 1.165) is 0 Å². The number of nitrogens with two attached hydrogens (primary N) is 1. The highest BCUT2D eigenvalue weighted by molar-refractivity contribution is 5.74. The van der Waals surface area contributed by atoms with Crippen LogP contribution in [0.1, 0.15) is 17.6 Å². The first kappa shape index (κ1) is 12.5. The number of amides is 1. The Kier molecular flexibility index (Phi) is 4.81. The third-order valence-corrected chi connectivity index (χ3v) is 1.80. The van der Waals surface area contributed by atoms with Crippen LogP contribution in [0, 0.1) is 0 Å². The van der Waals surface area contributed by atoms with Crippen LogP contribution in [0.15, 0.2) is 24.3 Å². The van der Waals surface area contributed by atoms with Crippen LogP contribution in [0.25, 0.3) is 0 Å². The molecular formula is C10H12F2N2O2. The van der Waals surface area contributed by atoms with Crippen LogP contribution >= 0.6 is 0 Å². The lowest BCUT2D eigenvalue weighted by Gasteiger charge is -2.06. The number of alkyl halides is 2. The van der Waals surface area contributed by atoms with Crippen molar-refractivity contribution in [1.82, 2.24) is 5.48 Å². The number of rotatable bonds is 6. The van der Waals surface area contributed by atoms with Crippen LogP contribution in [-0.4, -0.2) is 12.5 Å². The first-order valence-electron chi connectivity index (χ1n) is 4.59. The molecule has 0 aliphatic rings. The van der Waals surface area contributed by atoms with Crippen molar-refractivity contribution in [2.45, 2.75) is 13.0 Å². The van der Waals surface area contributed by atoms with Crippen molar-refractivity contribution in [2.75, 3.05) is 6.61 Å². The molecule has 0 unspecified atom stereocenters. The molecule has 0 fully saturated rings. The van der Waals surface area contributed by atoms with Crippen LogP contribution in [0.4, 0.5) is 8.78 Å². The highest BCUT2D eigenvalue weighted by Crippen LogP contribution is 2.19. The number of primary amides is 1. The van der Waals surface area contributed by atoms with E-state index in [1.54, 1.807) is 6.07 Å². The van der Waals surface area contributed by atoms with E-state index >= 15 is 0 Å². The van der Waals surface area contributed by atoms with Crippen LogP contribution in [0.2, 0.25) is 0 Å². The summed E-state index contributed by atoms with van der Waals surface area (Å²) in [6.45, 7) is -0.0254. The molecule has 0 heterocycles. The van der Waals surface area contributed by atoms with E-state index in [1.807, 2.05) is 0 Å². The Balaban J connectivity index is 2.42. The molecule has 0 atom stereocenters. The number of nitrogens with one attached hydrogen (secondary N) is 1. The lowest BCUT2D eigenvalue weighted by molar-refractivity contribution is -0.125. The number of carbonyl (C=O) groups excluding carboxylic acids is 1. The van der Waals surface area contributed by atoms with E-state index in [4.69, 9.17) is 5.73 Å². The minimum atomic E-state index is -2.49. The Morgan fingerprint density at radius 2 is 2.25 bits per heavy atom. The second-order valence-electron chi connectivity index (χ2n) is 3.12. The Bertz CT molecular complexity index is 358. The standard InChI is InChI=1S/C10H12F2N2O2/c11-10(12)8-3-1-2-7(4-8)5-14-16-6-9(13)15/h1-4,10,14H,5-6H2,(H2,13,15). The molecule has 0 aliphatic carbocycles. The maximum absolute atomic E-state index is 12.3. The predicted molar refractivity (Wildman–Crippen MR) is 53.4 cm³/mol.